The summed E-state index contributed by atoms with van der Waals surface area (Å²) in [4.78, 5) is 29.2. The number of carbonyl (C=O) groups is 2. The van der Waals surface area contributed by atoms with E-state index in [0.29, 0.717) is 12.8 Å². The molecule has 560 valence electrons. The number of urea groups is 2. The minimum Gasteiger partial charge on any atom is -0.640 e. The second-order valence-electron chi connectivity index (χ2n) is 24.3. The van der Waals surface area contributed by atoms with Gasteiger partial charge in [-0.1, -0.05) is 73.5 Å². The van der Waals surface area contributed by atoms with Crippen molar-refractivity contribution in [2.45, 2.75) is 89.4 Å². The standard InChI is InChI=1S/2C33H18BF15N2O2/c2*35-17-14(18(36)24(42)29(47)23(17)41)32-51(13-9-5-2-6-10-13)33(52)50(11-12-7-3-1-4-8-12)34(53-32,15-19(37)25(43)30(48)26(44)20(15)38)16-21(39)27(45)31(49)28(46)22(16)40/h2*1,3-4,7-8,13H,2,5-6,9-11H2. The van der Waals surface area contributed by atoms with Gasteiger partial charge in [0.15, 0.2) is 116 Å². The van der Waals surface area contributed by atoms with Gasteiger partial charge >= 0.3 is 25.0 Å². The molecule has 8 nitrogen and oxygen atoms in total. The first kappa shape index (κ1) is 76.8. The van der Waals surface area contributed by atoms with Crippen molar-refractivity contribution in [3.8, 4) is 0 Å². The van der Waals surface area contributed by atoms with Gasteiger partial charge in [0.2, 0.25) is 11.6 Å². The van der Waals surface area contributed by atoms with Gasteiger partial charge in [0.1, 0.15) is 69.7 Å². The van der Waals surface area contributed by atoms with Crippen LogP contribution >= 0.6 is 0 Å². The maximum atomic E-state index is 16.1. The van der Waals surface area contributed by atoms with Crippen molar-refractivity contribution in [3.05, 3.63) is 257 Å². The smallest absolute Gasteiger partial charge is 0.453 e. The summed E-state index contributed by atoms with van der Waals surface area (Å²) in [5, 5.41) is 0. The van der Waals surface area contributed by atoms with E-state index >= 15 is 87.8 Å². The Morgan fingerprint density at radius 2 is 0.462 bits per heavy atom. The summed E-state index contributed by atoms with van der Waals surface area (Å²) in [5.41, 5.74) is -15.4. The Hall–Kier alpha value is -10.3. The predicted octanol–water partition coefficient (Wildman–Crippen LogP) is 15.5. The van der Waals surface area contributed by atoms with Crippen LogP contribution in [0.15, 0.2) is 60.7 Å². The van der Waals surface area contributed by atoms with Crippen molar-refractivity contribution in [1.82, 2.24) is 9.62 Å². The second kappa shape index (κ2) is 28.9. The lowest BCUT2D eigenvalue weighted by Gasteiger charge is -2.50. The predicted molar refractivity (Wildman–Crippen MR) is 307 cm³/mol. The summed E-state index contributed by atoms with van der Waals surface area (Å²) in [7, 11) is 0. The van der Waals surface area contributed by atoms with Gasteiger partial charge in [-0.25, -0.2) is 141 Å². The van der Waals surface area contributed by atoms with E-state index in [2.05, 4.69) is 0 Å². The van der Waals surface area contributed by atoms with Gasteiger partial charge in [-0.15, -0.1) is 0 Å². The lowest BCUT2D eigenvalue weighted by atomic mass is 9.39. The average molecular weight is 1540 g/mol. The molecule has 0 saturated heterocycles. The Bertz CT molecular complexity index is 4460. The Balaban J connectivity index is 0.000000212. The Morgan fingerprint density at radius 1 is 0.274 bits per heavy atom. The fourth-order valence-corrected chi connectivity index (χ4v) is 13.6. The van der Waals surface area contributed by atoms with E-state index in [9.17, 15) is 53.5 Å². The summed E-state index contributed by atoms with van der Waals surface area (Å²) in [5.74, 6) is -91.7. The molecule has 0 unspecified atom stereocenters. The second-order valence-corrected chi connectivity index (χ2v) is 24.3. The van der Waals surface area contributed by atoms with Crippen LogP contribution in [0.3, 0.4) is 0 Å². The number of carbonyl (C=O) groups excluding carboxylic acids is 2. The SMILES string of the molecule is O=C1N(Cc2ccccc2)[B-](c2c(F)c(F)c(F)c(F)c2F)(c2c(F)c(F)c(F)c(F)c2F)OC(c2c(F)c(F)c(F)c(F)c2F)=[N+]1C1CCCCC1.O=C1N(Cc2ccccc2)[B-](c2c(F)c(F)c(F)c(F)c2F)(c2c(F)c(F)c(F)c(F)c2F)OC(c2c(F)c(F)c(F)c(F)c2F)=[N+]1C1CCCCC1. The number of amides is 4. The molecule has 4 amide bonds. The van der Waals surface area contributed by atoms with E-state index in [4.69, 9.17) is 9.31 Å². The minimum absolute atomic E-state index is 0.168. The molecule has 0 spiro atoms. The topological polar surface area (TPSA) is 65.1 Å². The summed E-state index contributed by atoms with van der Waals surface area (Å²) in [6.07, 6.45) is 1.02. The molecule has 2 fully saturated rings. The zero-order chi connectivity index (χ0) is 77.7. The third kappa shape index (κ3) is 11.9. The number of nitrogens with zero attached hydrogens (tertiary/aromatic N) is 4. The fraction of sp³-hybridized carbons (Fsp3) is 0.212. The highest BCUT2D eigenvalue weighted by molar-refractivity contribution is 6.98. The van der Waals surface area contributed by atoms with Crippen molar-refractivity contribution in [2.24, 2.45) is 0 Å². The molecule has 0 N–H and O–H groups in total. The number of halogens is 30. The largest absolute Gasteiger partial charge is 0.640 e. The van der Waals surface area contributed by atoms with E-state index in [1.165, 1.54) is 36.4 Å². The number of hydrogen-bond donors (Lipinski definition) is 0. The van der Waals surface area contributed by atoms with Crippen LogP contribution in [0.25, 0.3) is 0 Å². The Kier molecular flexibility index (Phi) is 20.9. The molecule has 2 heterocycles. The summed E-state index contributed by atoms with van der Waals surface area (Å²) in [6.45, 7) is -14.2. The van der Waals surface area contributed by atoms with E-state index in [1.54, 1.807) is 0 Å². The van der Waals surface area contributed by atoms with Crippen LogP contribution in [0.4, 0.5) is 141 Å². The summed E-state index contributed by atoms with van der Waals surface area (Å²) in [6, 6.07) is 5.38. The molecule has 8 aromatic carbocycles. The number of hydrogen-bond acceptors (Lipinski definition) is 4. The molecular weight excluding hydrogens is 1500 g/mol. The first-order valence-corrected chi connectivity index (χ1v) is 30.8. The molecular formula is C66H36B2F30N4O4. The van der Waals surface area contributed by atoms with Gasteiger partial charge in [0.05, 0.1) is 13.1 Å². The van der Waals surface area contributed by atoms with E-state index < -0.39 is 269 Å². The minimum atomic E-state index is -5.82. The molecule has 0 radical (unpaired) electrons. The van der Waals surface area contributed by atoms with Gasteiger partial charge in [0, 0.05) is 0 Å². The molecule has 2 aliphatic heterocycles. The lowest BCUT2D eigenvalue weighted by molar-refractivity contribution is -0.493. The van der Waals surface area contributed by atoms with Gasteiger partial charge in [-0.2, -0.15) is 9.15 Å². The highest BCUT2D eigenvalue weighted by Crippen LogP contribution is 2.40. The van der Waals surface area contributed by atoms with Crippen LogP contribution in [0.5, 0.6) is 0 Å². The molecule has 4 aliphatic rings. The molecule has 2 saturated carbocycles. The van der Waals surface area contributed by atoms with Crippen molar-refractivity contribution in [2.75, 3.05) is 0 Å². The molecule has 8 aromatic rings. The highest BCUT2D eigenvalue weighted by atomic mass is 19.2. The molecule has 40 heteroatoms. The molecule has 0 bridgehead atoms. The van der Waals surface area contributed by atoms with Gasteiger partial charge < -0.3 is 18.9 Å². The summed E-state index contributed by atoms with van der Waals surface area (Å²) < 4.78 is 467. The van der Waals surface area contributed by atoms with E-state index in [0.717, 1.165) is 24.3 Å². The molecule has 106 heavy (non-hydrogen) atoms. The third-order valence-corrected chi connectivity index (χ3v) is 18.4. The monoisotopic (exact) mass is 1540 g/mol. The van der Waals surface area contributed by atoms with Crippen LogP contribution in [-0.2, 0) is 22.4 Å². The first-order valence-electron chi connectivity index (χ1n) is 30.8. The average Bonchev–Trinajstić information content (AvgIpc) is 0.694. The number of rotatable bonds is 12. The van der Waals surface area contributed by atoms with Crippen molar-refractivity contribution >= 4 is 58.7 Å². The van der Waals surface area contributed by atoms with Crippen molar-refractivity contribution in [1.29, 1.82) is 0 Å². The summed E-state index contributed by atoms with van der Waals surface area (Å²) >= 11 is 0. The van der Waals surface area contributed by atoms with Crippen LogP contribution in [-0.4, -0.2) is 67.7 Å². The lowest BCUT2D eigenvalue weighted by Crippen LogP contribution is -2.80. The normalized spacial score (nSPS) is 16.4. The zero-order valence-corrected chi connectivity index (χ0v) is 52.3. The van der Waals surface area contributed by atoms with Crippen molar-refractivity contribution < 1.29 is 160 Å². The number of benzene rings is 8. The van der Waals surface area contributed by atoms with Gasteiger partial charge in [-0.05, 0) is 84.3 Å². The molecule has 0 atom stereocenters. The maximum absolute atomic E-state index is 16.1. The van der Waals surface area contributed by atoms with Gasteiger partial charge in [0.25, 0.3) is 11.8 Å². The van der Waals surface area contributed by atoms with Crippen LogP contribution in [0, 0.1) is 175 Å². The highest BCUT2D eigenvalue weighted by Gasteiger charge is 2.64. The third-order valence-electron chi connectivity index (χ3n) is 18.4. The van der Waals surface area contributed by atoms with Crippen LogP contribution in [0.2, 0.25) is 0 Å². The maximum Gasteiger partial charge on any atom is 0.453 e. The van der Waals surface area contributed by atoms with Crippen molar-refractivity contribution in [3.63, 3.8) is 0 Å². The molecule has 12 rings (SSSR count). The Labute approximate surface area is 573 Å². The molecule has 2 aliphatic carbocycles. The van der Waals surface area contributed by atoms with E-state index in [1.807, 2.05) is 0 Å². The zero-order valence-electron chi connectivity index (χ0n) is 52.3. The Morgan fingerprint density at radius 3 is 0.670 bits per heavy atom. The van der Waals surface area contributed by atoms with Crippen LogP contribution < -0.4 is 21.9 Å². The molecule has 0 aromatic heterocycles. The quantitative estimate of drug-likeness (QED) is 0.0402. The van der Waals surface area contributed by atoms with E-state index in [-0.39, 0.29) is 81.3 Å². The first-order chi connectivity index (χ1) is 50.0. The van der Waals surface area contributed by atoms with Gasteiger partial charge in [-0.3, -0.25) is 0 Å². The fourth-order valence-electron chi connectivity index (χ4n) is 13.6. The van der Waals surface area contributed by atoms with Crippen LogP contribution in [0.1, 0.15) is 86.5 Å².